The molecule has 4 aliphatic heterocycles. The van der Waals surface area contributed by atoms with E-state index < -0.39 is 28.8 Å². The molecule has 0 aliphatic carbocycles. The van der Waals surface area contributed by atoms with Crippen LogP contribution < -0.4 is 15.4 Å². The molecule has 0 unspecified atom stereocenters. The van der Waals surface area contributed by atoms with Crippen molar-refractivity contribution in [3.05, 3.63) is 52.0 Å². The molecule has 1 spiro atoms. The molecule has 2 aromatic carbocycles. The highest BCUT2D eigenvalue weighted by atomic mass is 35.5. The highest BCUT2D eigenvalue weighted by Gasteiger charge is 2.59. The van der Waals surface area contributed by atoms with E-state index in [4.69, 9.17) is 38.7 Å². The van der Waals surface area contributed by atoms with Crippen molar-refractivity contribution in [3.8, 4) is 29.3 Å². The van der Waals surface area contributed by atoms with Gasteiger partial charge in [-0.3, -0.25) is 4.90 Å². The lowest BCUT2D eigenvalue weighted by Crippen LogP contribution is -2.74. The number of nitrogens with two attached hydrogens (primary N) is 1. The maximum atomic E-state index is 17.5. The summed E-state index contributed by atoms with van der Waals surface area (Å²) in [4.78, 5) is 33.0. The Hall–Kier alpha value is -4.94. The van der Waals surface area contributed by atoms with E-state index in [0.29, 0.717) is 44.8 Å². The molecule has 19 heteroatoms. The highest BCUT2D eigenvalue weighted by Crippen LogP contribution is 2.52. The maximum Gasteiger partial charge on any atom is 0.346 e. The molecule has 4 aliphatic rings. The molecule has 9 rings (SSSR count). The Morgan fingerprint density at radius 2 is 1.98 bits per heavy atom. The molecule has 5 atom stereocenters. The van der Waals surface area contributed by atoms with Gasteiger partial charge in [0.25, 0.3) is 0 Å². The monoisotopic (exact) mass is 863 g/mol. The van der Waals surface area contributed by atoms with Crippen LogP contribution in [0.4, 0.5) is 28.8 Å². The number of hydrogen-bond donors (Lipinski definition) is 1. The largest absolute Gasteiger partial charge is 0.461 e. The fourth-order valence-corrected chi connectivity index (χ4v) is 11.9. The number of piperidine rings is 1. The number of nitrogen functional groups attached to an aromatic ring is 1. The first kappa shape index (κ1) is 39.5. The van der Waals surface area contributed by atoms with Crippen molar-refractivity contribution < 1.29 is 22.7 Å². The van der Waals surface area contributed by atoms with E-state index in [1.54, 1.807) is 11.0 Å². The Morgan fingerprint density at radius 1 is 1.17 bits per heavy atom. The van der Waals surface area contributed by atoms with Crippen LogP contribution in [0.3, 0.4) is 0 Å². The van der Waals surface area contributed by atoms with E-state index in [-0.39, 0.29) is 95.9 Å². The summed E-state index contributed by atoms with van der Waals surface area (Å²) in [7, 11) is 0. The third-order valence-electron chi connectivity index (χ3n) is 12.6. The SMILES string of the molecule is CC(C)[C@H]1N(C(=O)n2cnc(Cl)n2)C[C@]12C[C@@H](CC#N)CN(c1nc(OC[C@@]34CCCN3C[C@H](F)C4)nc3c(F)c(-c4ccc(F)c5sc(N)c(C#N)c45)c(Cl)cc13)C2. The normalized spacial score (nSPS) is 25.5. The molecule has 0 radical (unpaired) electrons. The average Bonchev–Trinajstić information content (AvgIpc) is 3.95. The zero-order chi connectivity index (χ0) is 41.5. The summed E-state index contributed by atoms with van der Waals surface area (Å²) >= 11 is 13.9. The maximum absolute atomic E-state index is 17.5. The zero-order valence-corrected chi connectivity index (χ0v) is 34.4. The third kappa shape index (κ3) is 6.40. The van der Waals surface area contributed by atoms with Crippen LogP contribution in [0, 0.1) is 51.5 Å². The summed E-state index contributed by atoms with van der Waals surface area (Å²) in [5.41, 5.74) is 5.00. The molecule has 3 aromatic heterocycles. The van der Waals surface area contributed by atoms with Crippen molar-refractivity contribution in [2.45, 2.75) is 63.7 Å². The van der Waals surface area contributed by atoms with Gasteiger partial charge in [0.2, 0.25) is 5.28 Å². The number of likely N-dealkylation sites (tertiary alicyclic amines) is 1. The van der Waals surface area contributed by atoms with E-state index in [1.165, 1.54) is 18.5 Å². The van der Waals surface area contributed by atoms with Crippen LogP contribution in [-0.4, -0.2) is 97.6 Å². The first-order chi connectivity index (χ1) is 28.3. The zero-order valence-electron chi connectivity index (χ0n) is 32.1. The van der Waals surface area contributed by atoms with E-state index in [1.807, 2.05) is 24.8 Å². The number of anilines is 2. The Kier molecular flexibility index (Phi) is 9.82. The van der Waals surface area contributed by atoms with Gasteiger partial charge in [0.05, 0.1) is 26.9 Å². The van der Waals surface area contributed by atoms with Crippen LogP contribution in [0.5, 0.6) is 6.01 Å². The smallest absolute Gasteiger partial charge is 0.346 e. The molecule has 7 heterocycles. The number of rotatable bonds is 7. The molecule has 0 saturated carbocycles. The fourth-order valence-electron chi connectivity index (χ4n) is 10.6. The van der Waals surface area contributed by atoms with Gasteiger partial charge in [-0.25, -0.2) is 22.9 Å². The van der Waals surface area contributed by atoms with E-state index >= 15 is 8.78 Å². The number of benzene rings is 2. The van der Waals surface area contributed by atoms with Crippen LogP contribution in [-0.2, 0) is 0 Å². The summed E-state index contributed by atoms with van der Waals surface area (Å²) < 4.78 is 55.0. The Morgan fingerprint density at radius 3 is 2.71 bits per heavy atom. The minimum atomic E-state index is -1.00. The number of hydrogen-bond acceptors (Lipinski definition) is 12. The molecule has 1 amide bonds. The van der Waals surface area contributed by atoms with Gasteiger partial charge >= 0.3 is 12.0 Å². The number of thiophene rings is 1. The van der Waals surface area contributed by atoms with Crippen LogP contribution >= 0.6 is 34.5 Å². The first-order valence-electron chi connectivity index (χ1n) is 19.4. The minimum Gasteiger partial charge on any atom is -0.461 e. The lowest BCUT2D eigenvalue weighted by molar-refractivity contribution is -0.0840. The third-order valence-corrected chi connectivity index (χ3v) is 14.1. The molecule has 59 heavy (non-hydrogen) atoms. The molecule has 0 bridgehead atoms. The van der Waals surface area contributed by atoms with Crippen molar-refractivity contribution in [1.82, 2.24) is 34.5 Å². The lowest BCUT2D eigenvalue weighted by Gasteiger charge is -2.63. The van der Waals surface area contributed by atoms with E-state index in [2.05, 4.69) is 26.0 Å². The van der Waals surface area contributed by atoms with Gasteiger partial charge in [0, 0.05) is 66.8 Å². The summed E-state index contributed by atoms with van der Waals surface area (Å²) in [6.45, 7) is 6.29. The second kappa shape index (κ2) is 14.7. The molecular weight excluding hydrogens is 826 g/mol. The molecule has 4 fully saturated rings. The van der Waals surface area contributed by atoms with Crippen LogP contribution in [0.1, 0.15) is 51.5 Å². The van der Waals surface area contributed by atoms with Crippen LogP contribution in [0.25, 0.3) is 32.1 Å². The number of nitriles is 2. The summed E-state index contributed by atoms with van der Waals surface area (Å²) in [6.07, 6.45) is 3.04. The number of amides is 1. The van der Waals surface area contributed by atoms with Gasteiger partial charge in [-0.1, -0.05) is 31.5 Å². The van der Waals surface area contributed by atoms with Gasteiger partial charge in [0.15, 0.2) is 5.82 Å². The Bertz CT molecular complexity index is 2630. The predicted octanol–water partition coefficient (Wildman–Crippen LogP) is 7.83. The van der Waals surface area contributed by atoms with Crippen molar-refractivity contribution in [1.29, 1.82) is 10.5 Å². The summed E-state index contributed by atoms with van der Waals surface area (Å²) in [5.74, 6) is -1.32. The van der Waals surface area contributed by atoms with E-state index in [9.17, 15) is 19.7 Å². The molecule has 5 aromatic rings. The second-order valence-corrected chi connectivity index (χ2v) is 18.4. The molecule has 4 saturated heterocycles. The highest BCUT2D eigenvalue weighted by molar-refractivity contribution is 7.23. The van der Waals surface area contributed by atoms with Crippen molar-refractivity contribution in [2.24, 2.45) is 17.3 Å². The standard InChI is InChI=1S/C40H38Cl2F3N11O2S/c1-20(2)33-39(17-55(33)38(57)56-19-49-36(42)52-56)11-21(6-8-46)14-53(16-39)35-24-10-26(41)29(23-4-5-27(44)32-28(23)25(13-47)34(48)59-32)30(45)31(24)50-37(51-35)58-18-40-7-3-9-54(40)15-22(43)12-40/h4-5,10,19-22,33H,3,6-7,9,11-12,14-18,48H2,1-2H3/t21-,22-,33-,39-,40+/m1/s1. The topological polar surface area (TPSA) is 166 Å². The lowest BCUT2D eigenvalue weighted by atomic mass is 9.60. The first-order valence-corrected chi connectivity index (χ1v) is 21.0. The number of aromatic nitrogens is 5. The van der Waals surface area contributed by atoms with Gasteiger partial charge in [-0.2, -0.15) is 25.2 Å². The van der Waals surface area contributed by atoms with E-state index in [0.717, 1.165) is 35.4 Å². The summed E-state index contributed by atoms with van der Waals surface area (Å²) in [5, 5.41) is 24.4. The molecule has 13 nitrogen and oxygen atoms in total. The number of ether oxygens (including phenoxy) is 1. The van der Waals surface area contributed by atoms with Gasteiger partial charge in [-0.05, 0) is 66.9 Å². The predicted molar refractivity (Wildman–Crippen MR) is 217 cm³/mol. The number of fused-ring (bicyclic) bond motifs is 3. The average molecular weight is 865 g/mol. The number of alkyl halides is 1. The number of halogens is 5. The summed E-state index contributed by atoms with van der Waals surface area (Å²) in [6, 6.07) is 7.67. The van der Waals surface area contributed by atoms with Gasteiger partial charge < -0.3 is 20.3 Å². The van der Waals surface area contributed by atoms with Crippen molar-refractivity contribution in [2.75, 3.05) is 50.0 Å². The second-order valence-electron chi connectivity index (χ2n) is 16.6. The molecule has 2 N–H and O–H groups in total. The number of nitrogens with zero attached hydrogens (tertiary/aromatic N) is 10. The van der Waals surface area contributed by atoms with Gasteiger partial charge in [0.1, 0.15) is 47.3 Å². The Balaban J connectivity index is 1.18. The number of carbonyl (C=O) groups excluding carboxylic acids is 1. The van der Waals surface area contributed by atoms with Gasteiger partial charge in [-0.15, -0.1) is 16.4 Å². The van der Waals surface area contributed by atoms with Crippen LogP contribution in [0.15, 0.2) is 24.5 Å². The quantitative estimate of drug-likeness (QED) is 0.169. The number of carbonyl (C=O) groups is 1. The molecule has 306 valence electrons. The minimum absolute atomic E-state index is 0.00682. The fraction of sp³-hybridized carbons (Fsp3) is 0.475. The molecular formula is C40H38Cl2F3N11O2S. The van der Waals surface area contributed by atoms with Crippen molar-refractivity contribution in [3.63, 3.8) is 0 Å². The van der Waals surface area contributed by atoms with Crippen LogP contribution in [0.2, 0.25) is 10.3 Å². The Labute approximate surface area is 351 Å². The van der Waals surface area contributed by atoms with Crippen molar-refractivity contribution >= 4 is 72.4 Å².